The van der Waals surface area contributed by atoms with Gasteiger partial charge in [-0.2, -0.15) is 0 Å². The fourth-order valence-electron chi connectivity index (χ4n) is 2.74. The van der Waals surface area contributed by atoms with Crippen LogP contribution in [0.15, 0.2) is 0 Å². The van der Waals surface area contributed by atoms with Gasteiger partial charge < -0.3 is 10.2 Å². The number of hydrogen-bond acceptors (Lipinski definition) is 3. The van der Waals surface area contributed by atoms with Gasteiger partial charge in [0.25, 0.3) is 0 Å². The monoisotopic (exact) mass is 271 g/mol. The predicted molar refractivity (Wildman–Crippen MR) is 76.9 cm³/mol. The van der Waals surface area contributed by atoms with Crippen LogP contribution in [0.4, 0.5) is 4.79 Å². The molecule has 2 amide bonds. The van der Waals surface area contributed by atoms with E-state index in [9.17, 15) is 4.79 Å². The normalized spacial score (nSPS) is 24.2. The molecule has 0 bridgehead atoms. The first-order valence-electron chi connectivity index (χ1n) is 7.03. The maximum atomic E-state index is 12.0. The molecule has 4 nitrogen and oxygen atoms in total. The number of piperidine rings is 1. The van der Waals surface area contributed by atoms with Crippen LogP contribution in [0.3, 0.4) is 0 Å². The first-order chi connectivity index (χ1) is 8.70. The average Bonchev–Trinajstić information content (AvgIpc) is 2.92. The highest BCUT2D eigenvalue weighted by molar-refractivity contribution is 7.99. The van der Waals surface area contributed by atoms with Crippen LogP contribution < -0.4 is 5.32 Å². The summed E-state index contributed by atoms with van der Waals surface area (Å²) in [7, 11) is 0. The topological polar surface area (TPSA) is 35.6 Å². The minimum atomic E-state index is 0.156. The van der Waals surface area contributed by atoms with Gasteiger partial charge in [0.15, 0.2) is 0 Å². The smallest absolute Gasteiger partial charge is 0.317 e. The van der Waals surface area contributed by atoms with E-state index in [1.54, 1.807) is 0 Å². The zero-order valence-corrected chi connectivity index (χ0v) is 12.3. The zero-order valence-electron chi connectivity index (χ0n) is 11.5. The van der Waals surface area contributed by atoms with Crippen molar-refractivity contribution in [2.45, 2.75) is 44.0 Å². The molecule has 1 unspecified atom stereocenters. The quantitative estimate of drug-likeness (QED) is 0.852. The Labute approximate surface area is 114 Å². The molecule has 5 heteroatoms. The van der Waals surface area contributed by atoms with Gasteiger partial charge in [0.05, 0.1) is 5.37 Å². The Morgan fingerprint density at radius 2 is 1.83 bits per heavy atom. The summed E-state index contributed by atoms with van der Waals surface area (Å²) in [5.74, 6) is 0. The van der Waals surface area contributed by atoms with E-state index in [-0.39, 0.29) is 6.03 Å². The van der Waals surface area contributed by atoms with Crippen LogP contribution in [0.5, 0.6) is 0 Å². The molecule has 2 heterocycles. The zero-order chi connectivity index (χ0) is 13.0. The summed E-state index contributed by atoms with van der Waals surface area (Å²) in [6, 6.07) is 0.535. The number of carbonyl (C=O) groups is 1. The summed E-state index contributed by atoms with van der Waals surface area (Å²) in [6.07, 6.45) is 6.66. The molecule has 2 aliphatic rings. The Kier molecular flexibility index (Phi) is 5.18. The van der Waals surface area contributed by atoms with Gasteiger partial charge in [0.2, 0.25) is 0 Å². The molecule has 0 radical (unpaired) electrons. The van der Waals surface area contributed by atoms with Crippen LogP contribution in [0.25, 0.3) is 0 Å². The van der Waals surface area contributed by atoms with Crippen molar-refractivity contribution in [3.8, 4) is 0 Å². The number of rotatable bonds is 3. The van der Waals surface area contributed by atoms with E-state index in [0.29, 0.717) is 11.4 Å². The molecule has 0 spiro atoms. The van der Waals surface area contributed by atoms with Crippen LogP contribution in [-0.2, 0) is 0 Å². The SMILES string of the molecule is CSC(C)N1CCC(NC(=O)N2CCCC2)CC1. The van der Waals surface area contributed by atoms with Crippen LogP contribution in [-0.4, -0.2) is 59.7 Å². The molecule has 2 saturated heterocycles. The Hall–Kier alpha value is -0.420. The number of nitrogens with zero attached hydrogens (tertiary/aromatic N) is 2. The maximum Gasteiger partial charge on any atom is 0.317 e. The summed E-state index contributed by atoms with van der Waals surface area (Å²) < 4.78 is 0. The van der Waals surface area contributed by atoms with E-state index in [1.165, 1.54) is 0 Å². The first kappa shape index (κ1) is 14.0. The fourth-order valence-corrected chi connectivity index (χ4v) is 3.25. The Morgan fingerprint density at radius 1 is 1.22 bits per heavy atom. The van der Waals surface area contributed by atoms with Crippen molar-refractivity contribution in [2.75, 3.05) is 32.4 Å². The van der Waals surface area contributed by atoms with Crippen molar-refractivity contribution in [1.29, 1.82) is 0 Å². The van der Waals surface area contributed by atoms with Gasteiger partial charge in [-0.1, -0.05) is 0 Å². The van der Waals surface area contributed by atoms with Crippen LogP contribution >= 0.6 is 11.8 Å². The van der Waals surface area contributed by atoms with E-state index >= 15 is 0 Å². The summed E-state index contributed by atoms with van der Waals surface area (Å²) in [5, 5.41) is 3.79. The van der Waals surface area contributed by atoms with Crippen molar-refractivity contribution in [3.05, 3.63) is 0 Å². The molecular weight excluding hydrogens is 246 g/mol. The Morgan fingerprint density at radius 3 is 2.39 bits per heavy atom. The maximum absolute atomic E-state index is 12.0. The molecule has 1 N–H and O–H groups in total. The summed E-state index contributed by atoms with van der Waals surface area (Å²) in [6.45, 7) is 6.34. The molecule has 2 aliphatic heterocycles. The number of nitrogens with one attached hydrogen (secondary N) is 1. The minimum absolute atomic E-state index is 0.156. The molecule has 1 atom stereocenters. The number of carbonyl (C=O) groups excluding carboxylic acids is 1. The lowest BCUT2D eigenvalue weighted by atomic mass is 10.1. The minimum Gasteiger partial charge on any atom is -0.335 e. The van der Waals surface area contributed by atoms with Crippen molar-refractivity contribution in [1.82, 2.24) is 15.1 Å². The van der Waals surface area contributed by atoms with E-state index in [2.05, 4.69) is 23.4 Å². The van der Waals surface area contributed by atoms with Crippen molar-refractivity contribution >= 4 is 17.8 Å². The summed E-state index contributed by atoms with van der Waals surface area (Å²) in [5.41, 5.74) is 0. The van der Waals surface area contributed by atoms with Gasteiger partial charge in [-0.25, -0.2) is 4.79 Å². The molecule has 104 valence electrons. The molecule has 0 saturated carbocycles. The highest BCUT2D eigenvalue weighted by Crippen LogP contribution is 2.19. The third kappa shape index (κ3) is 3.54. The third-order valence-corrected chi connectivity index (χ3v) is 5.09. The lowest BCUT2D eigenvalue weighted by molar-refractivity contribution is 0.175. The number of likely N-dealkylation sites (tertiary alicyclic amines) is 2. The fraction of sp³-hybridized carbons (Fsp3) is 0.923. The average molecular weight is 271 g/mol. The second kappa shape index (κ2) is 6.66. The summed E-state index contributed by atoms with van der Waals surface area (Å²) in [4.78, 5) is 16.4. The molecule has 0 aliphatic carbocycles. The van der Waals surface area contributed by atoms with Gasteiger partial charge in [-0.15, -0.1) is 11.8 Å². The van der Waals surface area contributed by atoms with Crippen LogP contribution in [0.1, 0.15) is 32.6 Å². The molecule has 0 aromatic rings. The first-order valence-corrected chi connectivity index (χ1v) is 8.32. The van der Waals surface area contributed by atoms with Gasteiger partial charge in [0.1, 0.15) is 0 Å². The second-order valence-electron chi connectivity index (χ2n) is 5.29. The van der Waals surface area contributed by atoms with E-state index < -0.39 is 0 Å². The van der Waals surface area contributed by atoms with Crippen LogP contribution in [0, 0.1) is 0 Å². The number of amides is 2. The van der Waals surface area contributed by atoms with Crippen LogP contribution in [0.2, 0.25) is 0 Å². The van der Waals surface area contributed by atoms with E-state index in [1.807, 2.05) is 16.7 Å². The van der Waals surface area contributed by atoms with E-state index in [4.69, 9.17) is 0 Å². The molecule has 2 fully saturated rings. The van der Waals surface area contributed by atoms with Gasteiger partial charge in [-0.3, -0.25) is 4.90 Å². The van der Waals surface area contributed by atoms with E-state index in [0.717, 1.165) is 51.9 Å². The van der Waals surface area contributed by atoms with Crippen molar-refractivity contribution in [2.24, 2.45) is 0 Å². The lowest BCUT2D eigenvalue weighted by Crippen LogP contribution is -2.49. The standard InChI is InChI=1S/C13H25N3OS/c1-11(18-2)15-9-5-12(6-10-15)14-13(17)16-7-3-4-8-16/h11-12H,3-10H2,1-2H3,(H,14,17). The molecule has 18 heavy (non-hydrogen) atoms. The largest absolute Gasteiger partial charge is 0.335 e. The number of urea groups is 1. The van der Waals surface area contributed by atoms with Crippen molar-refractivity contribution in [3.63, 3.8) is 0 Å². The predicted octanol–water partition coefficient (Wildman–Crippen LogP) is 1.97. The molecule has 0 aromatic heterocycles. The highest BCUT2D eigenvalue weighted by atomic mass is 32.2. The van der Waals surface area contributed by atoms with Crippen molar-refractivity contribution < 1.29 is 4.79 Å². The number of thioether (sulfide) groups is 1. The van der Waals surface area contributed by atoms with Gasteiger partial charge in [0, 0.05) is 32.2 Å². The molecular formula is C13H25N3OS. The van der Waals surface area contributed by atoms with Gasteiger partial charge >= 0.3 is 6.03 Å². The highest BCUT2D eigenvalue weighted by Gasteiger charge is 2.25. The lowest BCUT2D eigenvalue weighted by Gasteiger charge is -2.36. The molecule has 2 rings (SSSR count). The van der Waals surface area contributed by atoms with Gasteiger partial charge in [-0.05, 0) is 38.9 Å². The molecule has 0 aromatic carbocycles. The summed E-state index contributed by atoms with van der Waals surface area (Å²) >= 11 is 1.90. The third-order valence-electron chi connectivity index (χ3n) is 4.11. The second-order valence-corrected chi connectivity index (χ2v) is 6.44. The Bertz CT molecular complexity index is 273. The number of hydrogen-bond donors (Lipinski definition) is 1. The Balaban J connectivity index is 1.71.